The van der Waals surface area contributed by atoms with Gasteiger partial charge in [-0.15, -0.1) is 0 Å². The maximum Gasteiger partial charge on any atom is 0.458 e. The van der Waals surface area contributed by atoms with Gasteiger partial charge in [-0.1, -0.05) is 0 Å². The van der Waals surface area contributed by atoms with Gasteiger partial charge in [0.15, 0.2) is 0 Å². The van der Waals surface area contributed by atoms with Gasteiger partial charge in [-0.05, 0) is 60.7 Å². The fraction of sp³-hybridized carbons (Fsp3) is 0.933. The van der Waals surface area contributed by atoms with Crippen LogP contribution in [0.25, 0.3) is 0 Å². The minimum Gasteiger partial charge on any atom is -0.444 e. The number of carbonyl (C=O) groups excluding carboxylic acids is 1. The van der Waals surface area contributed by atoms with E-state index in [1.807, 2.05) is 20.8 Å². The lowest BCUT2D eigenvalue weighted by molar-refractivity contribution is 0.000600. The Labute approximate surface area is 128 Å². The van der Waals surface area contributed by atoms with Crippen molar-refractivity contribution < 1.29 is 18.8 Å². The van der Waals surface area contributed by atoms with Crippen LogP contribution in [0, 0.1) is 5.92 Å². The molecule has 2 aliphatic heterocycles. The van der Waals surface area contributed by atoms with Crippen LogP contribution in [0.15, 0.2) is 0 Å². The van der Waals surface area contributed by atoms with Crippen molar-refractivity contribution in [3.05, 3.63) is 0 Å². The third kappa shape index (κ3) is 3.72. The van der Waals surface area contributed by atoms with Crippen molar-refractivity contribution in [2.75, 3.05) is 13.1 Å². The van der Waals surface area contributed by atoms with Crippen LogP contribution in [0.5, 0.6) is 0 Å². The number of ether oxygens (including phenoxy) is 1. The lowest BCUT2D eigenvalue weighted by Crippen LogP contribution is -2.52. The summed E-state index contributed by atoms with van der Waals surface area (Å²) in [4.78, 5) is 13.6. The van der Waals surface area contributed by atoms with Gasteiger partial charge in [-0.25, -0.2) is 4.79 Å². The van der Waals surface area contributed by atoms with Crippen LogP contribution in [0.4, 0.5) is 4.79 Å². The summed E-state index contributed by atoms with van der Waals surface area (Å²) < 4.78 is 17.3. The number of hydrogen-bond acceptors (Lipinski definition) is 4. The summed E-state index contributed by atoms with van der Waals surface area (Å²) in [6, 6.07) is 0. The Morgan fingerprint density at radius 3 is 2.10 bits per heavy atom. The van der Waals surface area contributed by atoms with E-state index in [-0.39, 0.29) is 24.4 Å². The van der Waals surface area contributed by atoms with Gasteiger partial charge in [0.1, 0.15) is 5.60 Å². The molecule has 0 aromatic carbocycles. The van der Waals surface area contributed by atoms with Gasteiger partial charge < -0.3 is 18.9 Å². The summed E-state index contributed by atoms with van der Waals surface area (Å²) in [6.45, 7) is 15.3. The molecule has 0 unspecified atom stereocenters. The predicted octanol–water partition coefficient (Wildman–Crippen LogP) is 2.95. The van der Waals surface area contributed by atoms with Crippen LogP contribution in [0.3, 0.4) is 0 Å². The van der Waals surface area contributed by atoms with E-state index in [1.54, 1.807) is 4.90 Å². The molecule has 1 amide bonds. The minimum absolute atomic E-state index is 0.180. The van der Waals surface area contributed by atoms with Gasteiger partial charge in [0.2, 0.25) is 0 Å². The van der Waals surface area contributed by atoms with Gasteiger partial charge in [0.05, 0.1) is 11.2 Å². The quantitative estimate of drug-likeness (QED) is 0.735. The Morgan fingerprint density at radius 1 is 1.19 bits per heavy atom. The molecule has 6 heteroatoms. The zero-order valence-corrected chi connectivity index (χ0v) is 14.4. The fourth-order valence-electron chi connectivity index (χ4n) is 2.53. The molecule has 0 N–H and O–H groups in total. The van der Waals surface area contributed by atoms with Crippen molar-refractivity contribution in [2.45, 2.75) is 71.6 Å². The highest BCUT2D eigenvalue weighted by atomic mass is 16.7. The smallest absolute Gasteiger partial charge is 0.444 e. The van der Waals surface area contributed by atoms with E-state index in [1.165, 1.54) is 0 Å². The molecular formula is C15H28BNO4. The first-order chi connectivity index (χ1) is 9.40. The zero-order valence-electron chi connectivity index (χ0n) is 14.4. The van der Waals surface area contributed by atoms with Gasteiger partial charge in [-0.2, -0.15) is 0 Å². The first-order valence-corrected chi connectivity index (χ1v) is 7.73. The molecule has 21 heavy (non-hydrogen) atoms. The molecule has 2 saturated heterocycles. The average molecular weight is 297 g/mol. The maximum atomic E-state index is 11.9. The Bertz CT molecular complexity index is 394. The van der Waals surface area contributed by atoms with Crippen molar-refractivity contribution in [3.63, 3.8) is 0 Å². The van der Waals surface area contributed by atoms with E-state index in [4.69, 9.17) is 14.0 Å². The van der Waals surface area contributed by atoms with Crippen LogP contribution in [0.1, 0.15) is 48.5 Å². The number of nitrogens with zero attached hydrogens (tertiary/aromatic N) is 1. The predicted molar refractivity (Wildman–Crippen MR) is 82.2 cm³/mol. The summed E-state index contributed by atoms with van der Waals surface area (Å²) in [7, 11) is -0.180. The third-order valence-corrected chi connectivity index (χ3v) is 4.44. The van der Waals surface area contributed by atoms with Crippen molar-refractivity contribution in [3.8, 4) is 0 Å². The molecule has 0 aromatic heterocycles. The van der Waals surface area contributed by atoms with E-state index in [9.17, 15) is 4.79 Å². The SMILES string of the molecule is CC(C)(C)OC(=O)N1CC(CB2OC(C)(C)C(C)(C)O2)C1. The van der Waals surface area contributed by atoms with Gasteiger partial charge in [-0.3, -0.25) is 0 Å². The van der Waals surface area contributed by atoms with Crippen LogP contribution in [-0.2, 0) is 14.0 Å². The number of carbonyl (C=O) groups is 1. The maximum absolute atomic E-state index is 11.9. The Hall–Kier alpha value is -0.745. The van der Waals surface area contributed by atoms with Crippen molar-refractivity contribution in [2.24, 2.45) is 5.92 Å². The molecule has 0 spiro atoms. The van der Waals surface area contributed by atoms with Crippen molar-refractivity contribution in [1.82, 2.24) is 4.90 Å². The molecule has 2 rings (SSSR count). The molecule has 2 aliphatic rings. The van der Waals surface area contributed by atoms with Crippen LogP contribution < -0.4 is 0 Å². The molecule has 0 aromatic rings. The van der Waals surface area contributed by atoms with Crippen molar-refractivity contribution >= 4 is 13.2 Å². The summed E-state index contributed by atoms with van der Waals surface area (Å²) in [6.07, 6.45) is 0.597. The van der Waals surface area contributed by atoms with Crippen LogP contribution in [-0.4, -0.2) is 48.0 Å². The minimum atomic E-state index is -0.437. The highest BCUT2D eigenvalue weighted by Gasteiger charge is 2.52. The Balaban J connectivity index is 1.76. The van der Waals surface area contributed by atoms with Gasteiger partial charge >= 0.3 is 13.2 Å². The molecule has 0 saturated carbocycles. The summed E-state index contributed by atoms with van der Waals surface area (Å²) >= 11 is 0. The lowest BCUT2D eigenvalue weighted by Gasteiger charge is -2.40. The second-order valence-corrected chi connectivity index (χ2v) is 8.17. The molecule has 2 fully saturated rings. The Morgan fingerprint density at radius 2 is 1.67 bits per heavy atom. The first-order valence-electron chi connectivity index (χ1n) is 7.73. The standard InChI is InChI=1S/C15H28BNO4/c1-13(2,3)19-12(18)17-9-11(10-17)8-16-20-14(4,5)15(6,7)21-16/h11H,8-10H2,1-7H3. The summed E-state index contributed by atoms with van der Waals surface area (Å²) in [5.41, 5.74) is -1.01. The number of hydrogen-bond donors (Lipinski definition) is 0. The molecule has 120 valence electrons. The molecule has 5 nitrogen and oxygen atoms in total. The molecule has 0 bridgehead atoms. The highest BCUT2D eigenvalue weighted by molar-refractivity contribution is 6.45. The number of likely N-dealkylation sites (tertiary alicyclic amines) is 1. The van der Waals surface area contributed by atoms with Crippen LogP contribution >= 0.6 is 0 Å². The lowest BCUT2D eigenvalue weighted by atomic mass is 9.74. The van der Waals surface area contributed by atoms with Gasteiger partial charge in [0, 0.05) is 13.1 Å². The second-order valence-electron chi connectivity index (χ2n) is 8.17. The molecule has 0 radical (unpaired) electrons. The molecule has 2 heterocycles. The van der Waals surface area contributed by atoms with E-state index in [2.05, 4.69) is 27.7 Å². The normalized spacial score (nSPS) is 24.9. The van der Waals surface area contributed by atoms with Crippen LogP contribution in [0.2, 0.25) is 6.32 Å². The average Bonchev–Trinajstić information content (AvgIpc) is 2.37. The highest BCUT2D eigenvalue weighted by Crippen LogP contribution is 2.39. The van der Waals surface area contributed by atoms with E-state index in [0.29, 0.717) is 5.92 Å². The topological polar surface area (TPSA) is 48.0 Å². The molecule has 0 aliphatic carbocycles. The van der Waals surface area contributed by atoms with E-state index < -0.39 is 5.60 Å². The van der Waals surface area contributed by atoms with E-state index in [0.717, 1.165) is 19.4 Å². The summed E-state index contributed by atoms with van der Waals surface area (Å²) in [5, 5.41) is 0. The van der Waals surface area contributed by atoms with Gasteiger partial charge in [0.25, 0.3) is 0 Å². The third-order valence-electron chi connectivity index (χ3n) is 4.44. The first kappa shape index (κ1) is 16.6. The second kappa shape index (κ2) is 5.16. The number of rotatable bonds is 2. The van der Waals surface area contributed by atoms with E-state index >= 15 is 0 Å². The Kier molecular flexibility index (Phi) is 4.09. The fourth-order valence-corrected chi connectivity index (χ4v) is 2.53. The van der Waals surface area contributed by atoms with Crippen molar-refractivity contribution in [1.29, 1.82) is 0 Å². The monoisotopic (exact) mass is 297 g/mol. The number of amides is 1. The largest absolute Gasteiger partial charge is 0.458 e. The molecule has 0 atom stereocenters. The summed E-state index contributed by atoms with van der Waals surface area (Å²) in [5.74, 6) is 0.423. The zero-order chi connectivity index (χ0) is 16.1. The molecular weight excluding hydrogens is 269 g/mol.